The highest BCUT2D eigenvalue weighted by molar-refractivity contribution is 7.91. The summed E-state index contributed by atoms with van der Waals surface area (Å²) < 4.78 is 28.2. The number of carbonyl (C=O) groups excluding carboxylic acids is 1. The van der Waals surface area contributed by atoms with E-state index in [1.54, 1.807) is 12.1 Å². The maximum Gasteiger partial charge on any atom is 0.235 e. The third-order valence-electron chi connectivity index (χ3n) is 1.98. The van der Waals surface area contributed by atoms with E-state index < -0.39 is 21.5 Å². The largest absolute Gasteiger partial charge is 0.468 e. The van der Waals surface area contributed by atoms with Gasteiger partial charge in [0.25, 0.3) is 0 Å². The minimum absolute atomic E-state index is 0.118. The second-order valence-electron chi connectivity index (χ2n) is 3.57. The summed E-state index contributed by atoms with van der Waals surface area (Å²) in [5.74, 6) is -1.15. The van der Waals surface area contributed by atoms with Gasteiger partial charge >= 0.3 is 0 Å². The summed E-state index contributed by atoms with van der Waals surface area (Å²) in [6.07, 6.45) is 4.37. The van der Waals surface area contributed by atoms with Crippen molar-refractivity contribution in [3.8, 4) is 0 Å². The van der Waals surface area contributed by atoms with E-state index in [1.807, 2.05) is 0 Å². The molecule has 0 saturated heterocycles. The lowest BCUT2D eigenvalue weighted by Crippen LogP contribution is -2.30. The van der Waals surface area contributed by atoms with Crippen molar-refractivity contribution in [2.24, 2.45) is 0 Å². The lowest BCUT2D eigenvalue weighted by atomic mass is 10.5. The topological polar surface area (TPSA) is 96.6 Å². The van der Waals surface area contributed by atoms with Gasteiger partial charge in [0.15, 0.2) is 9.84 Å². The number of hydrogen-bond acceptors (Lipinski definition) is 5. The van der Waals surface area contributed by atoms with Crippen LogP contribution >= 0.6 is 0 Å². The van der Waals surface area contributed by atoms with E-state index in [2.05, 4.69) is 5.32 Å². The van der Waals surface area contributed by atoms with Crippen molar-refractivity contribution in [3.63, 3.8) is 0 Å². The number of nitrogens with one attached hydrogen (secondary N) is 1. The Morgan fingerprint density at radius 2 is 2.22 bits per heavy atom. The van der Waals surface area contributed by atoms with E-state index >= 15 is 0 Å². The first-order chi connectivity index (χ1) is 8.53. The van der Waals surface area contributed by atoms with E-state index in [4.69, 9.17) is 9.52 Å². The number of aliphatic hydroxyl groups is 1. The smallest absolute Gasteiger partial charge is 0.235 e. The van der Waals surface area contributed by atoms with Gasteiger partial charge in [-0.25, -0.2) is 8.42 Å². The molecule has 0 atom stereocenters. The predicted molar refractivity (Wildman–Crippen MR) is 65.4 cm³/mol. The highest BCUT2D eigenvalue weighted by atomic mass is 32.2. The molecule has 6 nitrogen and oxygen atoms in total. The molecule has 1 aromatic heterocycles. The molecule has 0 unspecified atom stereocenters. The zero-order chi connectivity index (χ0) is 13.4. The van der Waals surface area contributed by atoms with Gasteiger partial charge in [0.05, 0.1) is 12.9 Å². The normalized spacial score (nSPS) is 11.8. The van der Waals surface area contributed by atoms with Gasteiger partial charge in [-0.3, -0.25) is 4.79 Å². The molecule has 0 aliphatic rings. The standard InChI is InChI=1S/C11H15NO5S/c13-6-2-1-5-12-11(14)9-18(15,16)8-10-4-3-7-17-10/h1-4,7,13H,5-6,8-9H2,(H,12,14)/b2-1+. The Hall–Kier alpha value is -1.60. The first-order valence-corrected chi connectivity index (χ1v) is 7.11. The molecular weight excluding hydrogens is 258 g/mol. The van der Waals surface area contributed by atoms with Gasteiger partial charge in [-0.15, -0.1) is 0 Å². The molecule has 2 N–H and O–H groups in total. The maximum absolute atomic E-state index is 11.6. The summed E-state index contributed by atoms with van der Waals surface area (Å²) in [6, 6.07) is 3.13. The minimum Gasteiger partial charge on any atom is -0.468 e. The van der Waals surface area contributed by atoms with E-state index in [0.717, 1.165) is 0 Å². The van der Waals surface area contributed by atoms with E-state index in [9.17, 15) is 13.2 Å². The molecule has 0 fully saturated rings. The van der Waals surface area contributed by atoms with E-state index in [0.29, 0.717) is 5.76 Å². The number of amides is 1. The molecule has 100 valence electrons. The summed E-state index contributed by atoms with van der Waals surface area (Å²) in [7, 11) is -3.53. The van der Waals surface area contributed by atoms with Crippen molar-refractivity contribution >= 4 is 15.7 Å². The van der Waals surface area contributed by atoms with Crippen LogP contribution in [0.4, 0.5) is 0 Å². The molecule has 0 radical (unpaired) electrons. The third kappa shape index (κ3) is 5.65. The van der Waals surface area contributed by atoms with Crippen LogP contribution < -0.4 is 5.32 Å². The average Bonchev–Trinajstić information content (AvgIpc) is 2.75. The molecule has 1 aromatic rings. The predicted octanol–water partition coefficient (Wildman–Crippen LogP) is -0.141. The fraction of sp³-hybridized carbons (Fsp3) is 0.364. The summed E-state index contributed by atoms with van der Waals surface area (Å²) in [5.41, 5.74) is 0. The van der Waals surface area contributed by atoms with Gasteiger partial charge in [-0.1, -0.05) is 12.2 Å². The number of carbonyl (C=O) groups is 1. The second kappa shape index (κ2) is 6.97. The van der Waals surface area contributed by atoms with Gasteiger partial charge in [0.2, 0.25) is 5.91 Å². The highest BCUT2D eigenvalue weighted by Gasteiger charge is 2.18. The molecule has 0 spiro atoms. The molecule has 1 amide bonds. The first-order valence-electron chi connectivity index (χ1n) is 5.29. The minimum atomic E-state index is -3.53. The second-order valence-corrected chi connectivity index (χ2v) is 5.63. The fourth-order valence-electron chi connectivity index (χ4n) is 1.24. The zero-order valence-corrected chi connectivity index (χ0v) is 10.5. The van der Waals surface area contributed by atoms with Gasteiger partial charge in [-0.2, -0.15) is 0 Å². The van der Waals surface area contributed by atoms with E-state index in [1.165, 1.54) is 18.4 Å². The van der Waals surface area contributed by atoms with Crippen molar-refractivity contribution < 1.29 is 22.7 Å². The Morgan fingerprint density at radius 3 is 2.83 bits per heavy atom. The lowest BCUT2D eigenvalue weighted by molar-refractivity contribution is -0.118. The van der Waals surface area contributed by atoms with Gasteiger partial charge in [0.1, 0.15) is 17.3 Å². The summed E-state index contributed by atoms with van der Waals surface area (Å²) in [6.45, 7) is 0.0718. The molecule has 0 saturated carbocycles. The number of rotatable bonds is 7. The van der Waals surface area contributed by atoms with Crippen molar-refractivity contribution in [1.29, 1.82) is 0 Å². The SMILES string of the molecule is O=C(CS(=O)(=O)Cc1ccco1)NC/C=C/CO. The molecular formula is C11H15NO5S. The summed E-state index contributed by atoms with van der Waals surface area (Å²) in [5, 5.41) is 10.9. The Labute approximate surface area is 105 Å². The van der Waals surface area contributed by atoms with Gasteiger partial charge in [0, 0.05) is 6.54 Å². The zero-order valence-electron chi connectivity index (χ0n) is 9.70. The molecule has 7 heteroatoms. The monoisotopic (exact) mass is 273 g/mol. The number of sulfone groups is 1. The Kier molecular flexibility index (Phi) is 5.60. The number of hydrogen-bond donors (Lipinski definition) is 2. The first kappa shape index (κ1) is 14.5. The molecule has 1 heterocycles. The highest BCUT2D eigenvalue weighted by Crippen LogP contribution is 2.06. The van der Waals surface area contributed by atoms with Crippen LogP contribution in [-0.2, 0) is 20.4 Å². The number of aliphatic hydroxyl groups excluding tert-OH is 1. The van der Waals surface area contributed by atoms with E-state index in [-0.39, 0.29) is 18.9 Å². The Balaban J connectivity index is 2.40. The van der Waals surface area contributed by atoms with Crippen LogP contribution in [0.5, 0.6) is 0 Å². The molecule has 0 aliphatic carbocycles. The van der Waals surface area contributed by atoms with Crippen molar-refractivity contribution in [2.75, 3.05) is 18.9 Å². The van der Waals surface area contributed by atoms with Crippen LogP contribution in [0.1, 0.15) is 5.76 Å². The van der Waals surface area contributed by atoms with Crippen LogP contribution in [0.3, 0.4) is 0 Å². The molecule has 18 heavy (non-hydrogen) atoms. The summed E-state index contributed by atoms with van der Waals surface area (Å²) in [4.78, 5) is 11.3. The quantitative estimate of drug-likeness (QED) is 0.674. The fourth-order valence-corrected chi connectivity index (χ4v) is 2.45. The molecule has 0 bridgehead atoms. The third-order valence-corrected chi connectivity index (χ3v) is 3.41. The van der Waals surface area contributed by atoms with Crippen molar-refractivity contribution in [1.82, 2.24) is 5.32 Å². The van der Waals surface area contributed by atoms with Crippen molar-refractivity contribution in [2.45, 2.75) is 5.75 Å². The van der Waals surface area contributed by atoms with Crippen LogP contribution in [0.2, 0.25) is 0 Å². The average molecular weight is 273 g/mol. The number of furan rings is 1. The van der Waals surface area contributed by atoms with Crippen molar-refractivity contribution in [3.05, 3.63) is 36.3 Å². The lowest BCUT2D eigenvalue weighted by Gasteiger charge is -2.03. The van der Waals surface area contributed by atoms with Crippen LogP contribution in [0.15, 0.2) is 35.0 Å². The van der Waals surface area contributed by atoms with Gasteiger partial charge in [-0.05, 0) is 12.1 Å². The Morgan fingerprint density at radius 1 is 1.44 bits per heavy atom. The van der Waals surface area contributed by atoms with Crippen LogP contribution in [0.25, 0.3) is 0 Å². The van der Waals surface area contributed by atoms with Crippen LogP contribution in [0, 0.1) is 0 Å². The van der Waals surface area contributed by atoms with Crippen LogP contribution in [-0.4, -0.2) is 38.3 Å². The Bertz CT molecular complexity index is 490. The van der Waals surface area contributed by atoms with Gasteiger partial charge < -0.3 is 14.8 Å². The summed E-state index contributed by atoms with van der Waals surface area (Å²) >= 11 is 0. The molecule has 0 aromatic carbocycles. The molecule has 0 aliphatic heterocycles. The maximum atomic E-state index is 11.6. The molecule has 1 rings (SSSR count).